The Bertz CT molecular complexity index is 522. The predicted molar refractivity (Wildman–Crippen MR) is 63.3 cm³/mol. The minimum Gasteiger partial charge on any atom is -0.345 e. The fourth-order valence-electron chi connectivity index (χ4n) is 1.62. The number of Topliss-reactive ketones (excluding diaryl/α,β-unsaturated/α-hetero) is 1. The van der Waals surface area contributed by atoms with Crippen LogP contribution in [0.1, 0.15) is 30.6 Å². The summed E-state index contributed by atoms with van der Waals surface area (Å²) in [6, 6.07) is 5.44. The van der Waals surface area contributed by atoms with Crippen LogP contribution in [0, 0.1) is 0 Å². The van der Waals surface area contributed by atoms with E-state index in [-0.39, 0.29) is 5.78 Å². The normalized spacial score (nSPS) is 11.9. The van der Waals surface area contributed by atoms with Crippen LogP contribution in [-0.2, 0) is 0 Å². The van der Waals surface area contributed by atoms with Gasteiger partial charge in [0.2, 0.25) is 0 Å². The first kappa shape index (κ1) is 10.8. The predicted octanol–water partition coefficient (Wildman–Crippen LogP) is 1.87. The van der Waals surface area contributed by atoms with E-state index in [0.717, 1.165) is 11.0 Å². The molecule has 2 rings (SSSR count). The molecular weight excluding hydrogens is 202 g/mol. The van der Waals surface area contributed by atoms with Crippen molar-refractivity contribution in [2.75, 3.05) is 0 Å². The number of nitrogens with one attached hydrogen (secondary N) is 1. The zero-order chi connectivity index (χ0) is 11.8. The number of rotatable bonds is 3. The number of hydrogen-bond acceptors (Lipinski definition) is 3. The molecule has 0 unspecified atom stereocenters. The van der Waals surface area contributed by atoms with E-state index in [0.29, 0.717) is 12.0 Å². The summed E-state index contributed by atoms with van der Waals surface area (Å²) in [7, 11) is 0. The van der Waals surface area contributed by atoms with E-state index in [1.54, 1.807) is 12.4 Å². The largest absolute Gasteiger partial charge is 0.345 e. The van der Waals surface area contributed by atoms with Crippen molar-refractivity contribution < 1.29 is 4.79 Å². The van der Waals surface area contributed by atoms with Gasteiger partial charge >= 0.3 is 0 Å². The van der Waals surface area contributed by atoms with Gasteiger partial charge in [0, 0.05) is 17.5 Å². The van der Waals surface area contributed by atoms with E-state index in [1.165, 1.54) is 0 Å². The first-order chi connectivity index (χ1) is 7.46. The lowest BCUT2D eigenvalue weighted by Gasteiger charge is -2.16. The highest BCUT2D eigenvalue weighted by atomic mass is 16.1. The first-order valence-electron chi connectivity index (χ1n) is 5.21. The quantitative estimate of drug-likeness (QED) is 0.771. The maximum absolute atomic E-state index is 11.9. The Hall–Kier alpha value is -1.68. The maximum atomic E-state index is 11.9. The molecule has 1 heterocycles. The van der Waals surface area contributed by atoms with Crippen LogP contribution in [-0.4, -0.2) is 21.3 Å². The van der Waals surface area contributed by atoms with Crippen LogP contribution in [0.5, 0.6) is 0 Å². The van der Waals surface area contributed by atoms with Gasteiger partial charge in [-0.05, 0) is 32.0 Å². The van der Waals surface area contributed by atoms with Gasteiger partial charge in [-0.3, -0.25) is 4.79 Å². The molecule has 1 aromatic carbocycles. The van der Waals surface area contributed by atoms with Gasteiger partial charge in [0.05, 0.1) is 17.4 Å². The monoisotopic (exact) mass is 217 g/mol. The molecule has 0 radical (unpaired) electrons. The molecule has 16 heavy (non-hydrogen) atoms. The molecule has 0 spiro atoms. The molecule has 0 aliphatic carbocycles. The van der Waals surface area contributed by atoms with Crippen molar-refractivity contribution >= 4 is 16.8 Å². The number of H-pyrrole nitrogens is 1. The van der Waals surface area contributed by atoms with Crippen molar-refractivity contribution in [3.63, 3.8) is 0 Å². The number of imidazole rings is 1. The molecule has 2 aromatic rings. The van der Waals surface area contributed by atoms with Crippen LogP contribution < -0.4 is 5.73 Å². The summed E-state index contributed by atoms with van der Waals surface area (Å²) in [5.74, 6) is 0.0593. The molecule has 3 N–H and O–H groups in total. The Morgan fingerprint density at radius 3 is 2.94 bits per heavy atom. The van der Waals surface area contributed by atoms with Crippen molar-refractivity contribution in [1.82, 2.24) is 9.97 Å². The molecule has 84 valence electrons. The van der Waals surface area contributed by atoms with E-state index in [9.17, 15) is 4.79 Å². The standard InChI is InChI=1S/C12H15N3O/c1-12(2,13)6-11(16)8-3-4-9-10(5-8)15-7-14-9/h3-5,7H,6,13H2,1-2H3,(H,14,15). The second-order valence-electron chi connectivity index (χ2n) is 4.72. The average Bonchev–Trinajstić information content (AvgIpc) is 2.61. The van der Waals surface area contributed by atoms with Crippen molar-refractivity contribution in [1.29, 1.82) is 0 Å². The van der Waals surface area contributed by atoms with E-state index < -0.39 is 5.54 Å². The second kappa shape index (κ2) is 3.72. The molecule has 0 saturated heterocycles. The van der Waals surface area contributed by atoms with Crippen LogP contribution in [0.15, 0.2) is 24.5 Å². The summed E-state index contributed by atoms with van der Waals surface area (Å²) in [6.07, 6.45) is 1.96. The molecule has 4 heteroatoms. The summed E-state index contributed by atoms with van der Waals surface area (Å²) >= 11 is 0. The van der Waals surface area contributed by atoms with E-state index in [1.807, 2.05) is 26.0 Å². The number of aromatic nitrogens is 2. The molecule has 0 saturated carbocycles. The lowest BCUT2D eigenvalue weighted by atomic mass is 9.95. The lowest BCUT2D eigenvalue weighted by molar-refractivity contribution is 0.0960. The molecular formula is C12H15N3O. The molecule has 0 aliphatic rings. The highest BCUT2D eigenvalue weighted by Gasteiger charge is 2.17. The Labute approximate surface area is 93.9 Å². The van der Waals surface area contributed by atoms with Crippen LogP contribution >= 0.6 is 0 Å². The zero-order valence-corrected chi connectivity index (χ0v) is 9.45. The Morgan fingerprint density at radius 1 is 1.50 bits per heavy atom. The number of aromatic amines is 1. The minimum absolute atomic E-state index is 0.0593. The smallest absolute Gasteiger partial charge is 0.164 e. The van der Waals surface area contributed by atoms with Gasteiger partial charge in [-0.25, -0.2) is 4.98 Å². The number of carbonyl (C=O) groups is 1. The van der Waals surface area contributed by atoms with Crippen molar-refractivity contribution in [3.05, 3.63) is 30.1 Å². The number of carbonyl (C=O) groups excluding carboxylic acids is 1. The number of ketones is 1. The SMILES string of the molecule is CC(C)(N)CC(=O)c1ccc2nc[nH]c2c1. The second-order valence-corrected chi connectivity index (χ2v) is 4.72. The average molecular weight is 217 g/mol. The van der Waals surface area contributed by atoms with Gasteiger partial charge < -0.3 is 10.7 Å². The van der Waals surface area contributed by atoms with E-state index >= 15 is 0 Å². The van der Waals surface area contributed by atoms with Crippen molar-refractivity contribution in [2.24, 2.45) is 5.73 Å². The number of hydrogen-bond donors (Lipinski definition) is 2. The Balaban J connectivity index is 2.29. The number of nitrogens with zero attached hydrogens (tertiary/aromatic N) is 1. The summed E-state index contributed by atoms with van der Waals surface area (Å²) in [5, 5.41) is 0. The van der Waals surface area contributed by atoms with Crippen molar-refractivity contribution in [3.8, 4) is 0 Å². The third-order valence-electron chi connectivity index (χ3n) is 2.36. The fourth-order valence-corrected chi connectivity index (χ4v) is 1.62. The molecule has 0 amide bonds. The summed E-state index contributed by atoms with van der Waals surface area (Å²) in [4.78, 5) is 19.0. The van der Waals surface area contributed by atoms with Crippen LogP contribution in [0.2, 0.25) is 0 Å². The van der Waals surface area contributed by atoms with Gasteiger partial charge in [0.15, 0.2) is 5.78 Å². The molecule has 1 aromatic heterocycles. The topological polar surface area (TPSA) is 71.8 Å². The Kier molecular flexibility index (Phi) is 2.52. The van der Waals surface area contributed by atoms with Crippen LogP contribution in [0.3, 0.4) is 0 Å². The lowest BCUT2D eigenvalue weighted by Crippen LogP contribution is -2.34. The van der Waals surface area contributed by atoms with E-state index in [4.69, 9.17) is 5.73 Å². The number of fused-ring (bicyclic) bond motifs is 1. The zero-order valence-electron chi connectivity index (χ0n) is 9.45. The first-order valence-corrected chi connectivity index (χ1v) is 5.21. The van der Waals surface area contributed by atoms with Gasteiger partial charge in [-0.15, -0.1) is 0 Å². The third-order valence-corrected chi connectivity index (χ3v) is 2.36. The van der Waals surface area contributed by atoms with Crippen LogP contribution in [0.25, 0.3) is 11.0 Å². The highest BCUT2D eigenvalue weighted by molar-refractivity contribution is 5.99. The van der Waals surface area contributed by atoms with Gasteiger partial charge in [0.1, 0.15) is 0 Å². The molecule has 0 aliphatic heterocycles. The summed E-state index contributed by atoms with van der Waals surface area (Å²) in [5.41, 5.74) is 7.77. The van der Waals surface area contributed by atoms with Gasteiger partial charge in [-0.1, -0.05) is 0 Å². The van der Waals surface area contributed by atoms with Crippen LogP contribution in [0.4, 0.5) is 0 Å². The molecule has 0 fully saturated rings. The van der Waals surface area contributed by atoms with Crippen molar-refractivity contribution in [2.45, 2.75) is 25.8 Å². The summed E-state index contributed by atoms with van der Waals surface area (Å²) < 4.78 is 0. The van der Waals surface area contributed by atoms with Gasteiger partial charge in [-0.2, -0.15) is 0 Å². The van der Waals surface area contributed by atoms with Gasteiger partial charge in [0.25, 0.3) is 0 Å². The maximum Gasteiger partial charge on any atom is 0.164 e. The highest BCUT2D eigenvalue weighted by Crippen LogP contribution is 2.15. The minimum atomic E-state index is -0.472. The molecule has 4 nitrogen and oxygen atoms in total. The van der Waals surface area contributed by atoms with E-state index in [2.05, 4.69) is 9.97 Å². The summed E-state index contributed by atoms with van der Waals surface area (Å²) in [6.45, 7) is 3.69. The molecule has 0 bridgehead atoms. The molecule has 0 atom stereocenters. The number of benzene rings is 1. The Morgan fingerprint density at radius 2 is 2.25 bits per heavy atom. The number of nitrogens with two attached hydrogens (primary N) is 1. The fraction of sp³-hybridized carbons (Fsp3) is 0.333. The third kappa shape index (κ3) is 2.28.